The Balaban J connectivity index is 1.71. The summed E-state index contributed by atoms with van der Waals surface area (Å²) in [5.74, 6) is -0.0352. The molecule has 2 amide bonds. The molecule has 0 unspecified atom stereocenters. The van der Waals surface area contributed by atoms with E-state index in [2.05, 4.69) is 10.3 Å². The number of amides is 2. The van der Waals surface area contributed by atoms with Gasteiger partial charge in [-0.3, -0.25) is 9.59 Å². The Hall–Kier alpha value is -3.19. The number of thiazole rings is 1. The molecule has 7 heteroatoms. The minimum Gasteiger partial charge on any atom is -0.457 e. The van der Waals surface area contributed by atoms with E-state index in [0.29, 0.717) is 21.5 Å². The van der Waals surface area contributed by atoms with Crippen molar-refractivity contribution in [3.63, 3.8) is 0 Å². The highest BCUT2D eigenvalue weighted by Gasteiger charge is 2.32. The lowest BCUT2D eigenvalue weighted by Crippen LogP contribution is -2.24. The number of nitrogens with two attached hydrogens (primary N) is 1. The van der Waals surface area contributed by atoms with Gasteiger partial charge in [0.15, 0.2) is 5.13 Å². The number of fused-ring (bicyclic) bond motifs is 2. The molecule has 0 saturated carbocycles. The summed E-state index contributed by atoms with van der Waals surface area (Å²) in [4.78, 5) is 28.5. The number of ether oxygens (including phenoxy) is 1. The predicted octanol–water partition coefficient (Wildman–Crippen LogP) is 3.12. The van der Waals surface area contributed by atoms with Gasteiger partial charge in [0.1, 0.15) is 16.4 Å². The van der Waals surface area contributed by atoms with Crippen LogP contribution in [0.5, 0.6) is 11.5 Å². The number of carbonyl (C=O) groups is 2. The molecule has 0 bridgehead atoms. The molecule has 3 N–H and O–H groups in total. The first-order valence-corrected chi connectivity index (χ1v) is 8.37. The third-order valence-corrected chi connectivity index (χ3v) is 4.85. The van der Waals surface area contributed by atoms with Crippen LogP contribution in [-0.4, -0.2) is 16.8 Å². The standard InChI is InChI=1S/C18H13N3O3S/c19-16(22)14-9-20-18(25-14)21-17(23)15-10-5-1-3-7-12(10)24-13-8-4-2-6-11(13)15/h1-9,15H,(H2,19,22)(H,20,21,23). The van der Waals surface area contributed by atoms with Gasteiger partial charge >= 0.3 is 0 Å². The maximum Gasteiger partial charge on any atom is 0.260 e. The largest absolute Gasteiger partial charge is 0.457 e. The maximum absolute atomic E-state index is 13.0. The molecule has 4 rings (SSSR count). The van der Waals surface area contributed by atoms with Gasteiger partial charge in [-0.2, -0.15) is 0 Å². The molecule has 1 aliphatic rings. The van der Waals surface area contributed by atoms with Crippen molar-refractivity contribution in [3.05, 3.63) is 70.7 Å². The Morgan fingerprint density at radius 1 is 1.04 bits per heavy atom. The molecule has 0 atom stereocenters. The molecule has 0 radical (unpaired) electrons. The van der Waals surface area contributed by atoms with Crippen LogP contribution < -0.4 is 15.8 Å². The topological polar surface area (TPSA) is 94.3 Å². The van der Waals surface area contributed by atoms with Crippen molar-refractivity contribution in [2.45, 2.75) is 5.92 Å². The van der Waals surface area contributed by atoms with Crippen LogP contribution in [0.25, 0.3) is 0 Å². The molecule has 3 aromatic rings. The number of rotatable bonds is 3. The Bertz CT molecular complexity index is 937. The second-order valence-corrected chi connectivity index (χ2v) is 6.52. The van der Waals surface area contributed by atoms with Gasteiger partial charge in [-0.15, -0.1) is 0 Å². The van der Waals surface area contributed by atoms with Gasteiger partial charge in [-0.05, 0) is 12.1 Å². The van der Waals surface area contributed by atoms with Gasteiger partial charge in [0.2, 0.25) is 5.91 Å². The molecule has 0 aliphatic carbocycles. The van der Waals surface area contributed by atoms with Crippen molar-refractivity contribution in [2.24, 2.45) is 5.73 Å². The summed E-state index contributed by atoms with van der Waals surface area (Å²) in [7, 11) is 0. The number of nitrogens with one attached hydrogen (secondary N) is 1. The zero-order chi connectivity index (χ0) is 17.4. The smallest absolute Gasteiger partial charge is 0.260 e. The van der Waals surface area contributed by atoms with Crippen LogP contribution in [-0.2, 0) is 4.79 Å². The van der Waals surface area contributed by atoms with E-state index in [9.17, 15) is 9.59 Å². The van der Waals surface area contributed by atoms with E-state index in [-0.39, 0.29) is 5.91 Å². The lowest BCUT2D eigenvalue weighted by atomic mass is 9.87. The van der Waals surface area contributed by atoms with E-state index in [1.807, 2.05) is 48.5 Å². The SMILES string of the molecule is NC(=O)c1cnc(NC(=O)C2c3ccccc3Oc3ccccc32)s1. The Kier molecular flexibility index (Phi) is 3.70. The Morgan fingerprint density at radius 2 is 1.64 bits per heavy atom. The zero-order valence-corrected chi connectivity index (χ0v) is 13.7. The number of hydrogen-bond donors (Lipinski definition) is 2. The third-order valence-electron chi connectivity index (χ3n) is 3.92. The van der Waals surface area contributed by atoms with E-state index in [1.165, 1.54) is 6.20 Å². The molecule has 2 aromatic carbocycles. The first-order valence-electron chi connectivity index (χ1n) is 7.55. The summed E-state index contributed by atoms with van der Waals surface area (Å²) < 4.78 is 5.89. The summed E-state index contributed by atoms with van der Waals surface area (Å²) >= 11 is 1.05. The van der Waals surface area contributed by atoms with Crippen LogP contribution in [0.2, 0.25) is 0 Å². The molecule has 0 fully saturated rings. The summed E-state index contributed by atoms with van der Waals surface area (Å²) in [6.45, 7) is 0. The first-order chi connectivity index (χ1) is 12.1. The number of para-hydroxylation sites is 2. The molecule has 2 heterocycles. The fourth-order valence-corrected chi connectivity index (χ4v) is 3.49. The molecule has 6 nitrogen and oxygen atoms in total. The molecule has 1 aliphatic heterocycles. The van der Waals surface area contributed by atoms with Crippen LogP contribution in [0.15, 0.2) is 54.7 Å². The van der Waals surface area contributed by atoms with Gasteiger partial charge in [-0.1, -0.05) is 47.7 Å². The van der Waals surface area contributed by atoms with Crippen molar-refractivity contribution in [2.75, 3.05) is 5.32 Å². The number of nitrogens with zero attached hydrogens (tertiary/aromatic N) is 1. The quantitative estimate of drug-likeness (QED) is 0.758. The minimum atomic E-state index is -0.570. The normalized spacial score (nSPS) is 12.6. The van der Waals surface area contributed by atoms with Gasteiger partial charge in [0, 0.05) is 11.1 Å². The Labute approximate surface area is 147 Å². The average molecular weight is 351 g/mol. The number of carbonyl (C=O) groups excluding carboxylic acids is 2. The number of primary amides is 1. The van der Waals surface area contributed by atoms with Gasteiger partial charge < -0.3 is 15.8 Å². The summed E-state index contributed by atoms with van der Waals surface area (Å²) in [6, 6.07) is 14.9. The highest BCUT2D eigenvalue weighted by Crippen LogP contribution is 2.44. The van der Waals surface area contributed by atoms with Crippen molar-refractivity contribution >= 4 is 28.3 Å². The number of aromatic nitrogens is 1. The number of benzene rings is 2. The monoisotopic (exact) mass is 351 g/mol. The van der Waals surface area contributed by atoms with Gasteiger partial charge in [0.05, 0.1) is 12.1 Å². The van der Waals surface area contributed by atoms with E-state index < -0.39 is 11.8 Å². The lowest BCUT2D eigenvalue weighted by molar-refractivity contribution is -0.116. The highest BCUT2D eigenvalue weighted by atomic mass is 32.1. The molecule has 0 spiro atoms. The van der Waals surface area contributed by atoms with E-state index in [1.54, 1.807) is 0 Å². The van der Waals surface area contributed by atoms with Crippen LogP contribution in [0, 0.1) is 0 Å². The summed E-state index contributed by atoms with van der Waals surface area (Å²) in [5.41, 5.74) is 6.79. The average Bonchev–Trinajstić information content (AvgIpc) is 3.08. The zero-order valence-electron chi connectivity index (χ0n) is 12.9. The highest BCUT2D eigenvalue weighted by molar-refractivity contribution is 7.17. The van der Waals surface area contributed by atoms with E-state index in [0.717, 1.165) is 22.5 Å². The Morgan fingerprint density at radius 3 is 2.20 bits per heavy atom. The maximum atomic E-state index is 13.0. The van der Waals surface area contributed by atoms with Gasteiger partial charge in [-0.25, -0.2) is 4.98 Å². The number of anilines is 1. The van der Waals surface area contributed by atoms with Gasteiger partial charge in [0.25, 0.3) is 5.91 Å². The number of hydrogen-bond acceptors (Lipinski definition) is 5. The van der Waals surface area contributed by atoms with Crippen molar-refractivity contribution in [3.8, 4) is 11.5 Å². The van der Waals surface area contributed by atoms with E-state index in [4.69, 9.17) is 10.5 Å². The first kappa shape index (κ1) is 15.3. The van der Waals surface area contributed by atoms with E-state index >= 15 is 0 Å². The molecule has 25 heavy (non-hydrogen) atoms. The fourth-order valence-electron chi connectivity index (χ4n) is 2.82. The second-order valence-electron chi connectivity index (χ2n) is 5.49. The molecule has 0 saturated heterocycles. The van der Waals surface area contributed by atoms with Crippen LogP contribution in [0.4, 0.5) is 5.13 Å². The molecule has 124 valence electrons. The van der Waals surface area contributed by atoms with Crippen LogP contribution in [0.3, 0.4) is 0 Å². The van der Waals surface area contributed by atoms with Crippen LogP contribution >= 0.6 is 11.3 Å². The summed E-state index contributed by atoms with van der Waals surface area (Å²) in [6.07, 6.45) is 1.36. The predicted molar refractivity (Wildman–Crippen MR) is 94.1 cm³/mol. The van der Waals surface area contributed by atoms with Crippen molar-refractivity contribution in [1.29, 1.82) is 0 Å². The molecular formula is C18H13N3O3S. The van der Waals surface area contributed by atoms with Crippen LogP contribution in [0.1, 0.15) is 26.7 Å². The lowest BCUT2D eigenvalue weighted by Gasteiger charge is -2.27. The third kappa shape index (κ3) is 2.74. The summed E-state index contributed by atoms with van der Waals surface area (Å²) in [5, 5.41) is 3.11. The fraction of sp³-hybridized carbons (Fsp3) is 0.0556. The van der Waals surface area contributed by atoms with Crippen molar-refractivity contribution < 1.29 is 14.3 Å². The minimum absolute atomic E-state index is 0.242. The molecular weight excluding hydrogens is 338 g/mol. The molecule has 1 aromatic heterocycles. The van der Waals surface area contributed by atoms with Crippen molar-refractivity contribution in [1.82, 2.24) is 4.98 Å². The second kappa shape index (κ2) is 6.03.